The number of fused-ring (bicyclic) bond motifs is 2. The Kier molecular flexibility index (Phi) is 3.91. The third-order valence-corrected chi connectivity index (χ3v) is 4.94. The van der Waals surface area contributed by atoms with Gasteiger partial charge in [-0.25, -0.2) is 9.78 Å². The molecule has 0 N–H and O–H groups in total. The fourth-order valence-electron chi connectivity index (χ4n) is 3.58. The highest BCUT2D eigenvalue weighted by atomic mass is 79.9. The molecule has 2 aliphatic heterocycles. The summed E-state index contributed by atoms with van der Waals surface area (Å²) < 4.78 is 19.2. The lowest BCUT2D eigenvalue weighted by Crippen LogP contribution is -2.40. The molecule has 2 fully saturated rings. The summed E-state index contributed by atoms with van der Waals surface area (Å²) in [5, 5.41) is 0. The van der Waals surface area contributed by atoms with Crippen molar-refractivity contribution in [2.75, 3.05) is 0 Å². The molecule has 3 heterocycles. The summed E-state index contributed by atoms with van der Waals surface area (Å²) in [6, 6.07) is 2.12. The number of aromatic nitrogens is 1. The lowest BCUT2D eigenvalue weighted by molar-refractivity contribution is 0.0213. The highest BCUT2D eigenvalue weighted by Gasteiger charge is 2.50. The van der Waals surface area contributed by atoms with Gasteiger partial charge in [-0.3, -0.25) is 0 Å². The summed E-state index contributed by atoms with van der Waals surface area (Å²) in [5.41, 5.74) is 0.490. The SMILES string of the molecule is CC(C)(C)OC(=O)N1[C@H]2CC[C@@H]1C(c1cnc(F)c(Br)c1)C2. The second-order valence-electron chi connectivity index (χ2n) is 7.07. The van der Waals surface area contributed by atoms with E-state index in [1.807, 2.05) is 25.7 Å². The second-order valence-corrected chi connectivity index (χ2v) is 7.92. The smallest absolute Gasteiger partial charge is 0.410 e. The molecule has 120 valence electrons. The first-order valence-corrected chi connectivity index (χ1v) is 8.38. The van der Waals surface area contributed by atoms with Gasteiger partial charge in [-0.05, 0) is 67.6 Å². The molecule has 1 aromatic heterocycles. The van der Waals surface area contributed by atoms with E-state index in [0.717, 1.165) is 24.8 Å². The van der Waals surface area contributed by atoms with Crippen LogP contribution in [0.5, 0.6) is 0 Å². The number of carbonyl (C=O) groups is 1. The molecule has 2 bridgehead atoms. The molecule has 1 amide bonds. The standard InChI is InChI=1S/C16H20BrFN2O2/c1-16(2,3)22-15(21)20-10-4-5-13(20)11(7-10)9-6-12(17)14(18)19-8-9/h6,8,10-11,13H,4-5,7H2,1-3H3/t10-,11?,13+/m0/s1. The number of carbonyl (C=O) groups excluding carboxylic acids is 1. The Labute approximate surface area is 138 Å². The van der Waals surface area contributed by atoms with Crippen molar-refractivity contribution in [3.05, 3.63) is 28.2 Å². The molecule has 0 saturated carbocycles. The molecule has 0 radical (unpaired) electrons. The number of amides is 1. The molecule has 0 spiro atoms. The Morgan fingerprint density at radius 3 is 2.82 bits per heavy atom. The molecule has 1 aromatic rings. The summed E-state index contributed by atoms with van der Waals surface area (Å²) in [6.45, 7) is 5.63. The zero-order valence-electron chi connectivity index (χ0n) is 13.0. The molecule has 2 saturated heterocycles. The van der Waals surface area contributed by atoms with E-state index in [0.29, 0.717) is 4.47 Å². The van der Waals surface area contributed by atoms with E-state index in [1.165, 1.54) is 0 Å². The summed E-state index contributed by atoms with van der Waals surface area (Å²) >= 11 is 3.19. The monoisotopic (exact) mass is 370 g/mol. The maximum Gasteiger partial charge on any atom is 0.410 e. The van der Waals surface area contributed by atoms with Gasteiger partial charge >= 0.3 is 6.09 Å². The second kappa shape index (κ2) is 5.48. The number of hydrogen-bond donors (Lipinski definition) is 0. The molecular weight excluding hydrogens is 351 g/mol. The first-order chi connectivity index (χ1) is 10.3. The van der Waals surface area contributed by atoms with Crippen molar-refractivity contribution in [3.63, 3.8) is 0 Å². The lowest BCUT2D eigenvalue weighted by Gasteiger charge is -2.28. The summed E-state index contributed by atoms with van der Waals surface area (Å²) in [5.74, 6) is -0.299. The Morgan fingerprint density at radius 1 is 1.45 bits per heavy atom. The molecule has 2 aliphatic rings. The number of nitrogens with zero attached hydrogens (tertiary/aromatic N) is 2. The maximum absolute atomic E-state index is 13.3. The number of pyridine rings is 1. The fraction of sp³-hybridized carbons (Fsp3) is 0.625. The van der Waals surface area contributed by atoms with E-state index in [-0.39, 0.29) is 24.1 Å². The fourth-order valence-corrected chi connectivity index (χ4v) is 3.95. The van der Waals surface area contributed by atoms with Crippen LogP contribution in [0.2, 0.25) is 0 Å². The van der Waals surface area contributed by atoms with Crippen LogP contribution in [0.3, 0.4) is 0 Å². The average molecular weight is 371 g/mol. The Balaban J connectivity index is 1.81. The number of hydrogen-bond acceptors (Lipinski definition) is 3. The van der Waals surface area contributed by atoms with Gasteiger partial charge in [0.1, 0.15) is 5.60 Å². The van der Waals surface area contributed by atoms with Gasteiger partial charge < -0.3 is 9.64 Å². The molecule has 6 heteroatoms. The van der Waals surface area contributed by atoms with E-state index < -0.39 is 11.5 Å². The summed E-state index contributed by atoms with van der Waals surface area (Å²) in [6.07, 6.45) is 4.21. The first kappa shape index (κ1) is 15.7. The molecule has 4 nitrogen and oxygen atoms in total. The lowest BCUT2D eigenvalue weighted by atomic mass is 9.85. The van der Waals surface area contributed by atoms with Crippen LogP contribution in [-0.4, -0.2) is 33.7 Å². The zero-order chi connectivity index (χ0) is 16.1. The van der Waals surface area contributed by atoms with Crippen LogP contribution < -0.4 is 0 Å². The van der Waals surface area contributed by atoms with Crippen LogP contribution >= 0.6 is 15.9 Å². The van der Waals surface area contributed by atoms with E-state index in [9.17, 15) is 9.18 Å². The van der Waals surface area contributed by atoms with Crippen LogP contribution in [0.1, 0.15) is 51.5 Å². The number of halogens is 2. The predicted octanol–water partition coefficient (Wildman–Crippen LogP) is 4.24. The minimum Gasteiger partial charge on any atom is -0.444 e. The van der Waals surface area contributed by atoms with Crippen LogP contribution in [0.25, 0.3) is 0 Å². The number of ether oxygens (including phenoxy) is 1. The highest BCUT2D eigenvalue weighted by Crippen LogP contribution is 2.47. The van der Waals surface area contributed by atoms with Gasteiger partial charge in [0, 0.05) is 24.2 Å². The zero-order valence-corrected chi connectivity index (χ0v) is 14.6. The minimum absolute atomic E-state index is 0.124. The average Bonchev–Trinajstić information content (AvgIpc) is 2.97. The normalized spacial score (nSPS) is 27.3. The Hall–Kier alpha value is -1.17. The Morgan fingerprint density at radius 2 is 2.18 bits per heavy atom. The predicted molar refractivity (Wildman–Crippen MR) is 84.1 cm³/mol. The maximum atomic E-state index is 13.3. The van der Waals surface area contributed by atoms with Crippen molar-refractivity contribution in [1.82, 2.24) is 9.88 Å². The molecule has 22 heavy (non-hydrogen) atoms. The molecule has 3 atom stereocenters. The molecule has 0 aromatic carbocycles. The Bertz CT molecular complexity index is 602. The van der Waals surface area contributed by atoms with E-state index in [1.54, 1.807) is 12.3 Å². The van der Waals surface area contributed by atoms with Crippen molar-refractivity contribution in [1.29, 1.82) is 0 Å². The van der Waals surface area contributed by atoms with Crippen LogP contribution in [0.15, 0.2) is 16.7 Å². The van der Waals surface area contributed by atoms with Gasteiger partial charge in [0.2, 0.25) is 5.95 Å². The van der Waals surface area contributed by atoms with Gasteiger partial charge in [-0.2, -0.15) is 4.39 Å². The van der Waals surface area contributed by atoms with Crippen molar-refractivity contribution in [3.8, 4) is 0 Å². The van der Waals surface area contributed by atoms with Gasteiger partial charge in [0.05, 0.1) is 4.47 Å². The van der Waals surface area contributed by atoms with Crippen LogP contribution in [-0.2, 0) is 4.74 Å². The molecule has 3 rings (SSSR count). The molecule has 1 unspecified atom stereocenters. The van der Waals surface area contributed by atoms with Crippen LogP contribution in [0.4, 0.5) is 9.18 Å². The van der Waals surface area contributed by atoms with Crippen molar-refractivity contribution in [2.45, 2.75) is 63.6 Å². The quantitative estimate of drug-likeness (QED) is 0.694. The molecular formula is C16H20BrFN2O2. The third-order valence-electron chi connectivity index (χ3n) is 4.39. The van der Waals surface area contributed by atoms with E-state index in [2.05, 4.69) is 20.9 Å². The summed E-state index contributed by atoms with van der Waals surface area (Å²) in [7, 11) is 0. The number of rotatable bonds is 1. The molecule has 0 aliphatic carbocycles. The van der Waals surface area contributed by atoms with E-state index in [4.69, 9.17) is 4.74 Å². The highest BCUT2D eigenvalue weighted by molar-refractivity contribution is 9.10. The van der Waals surface area contributed by atoms with Gasteiger partial charge in [0.25, 0.3) is 0 Å². The minimum atomic E-state index is -0.504. The van der Waals surface area contributed by atoms with Gasteiger partial charge in [0.15, 0.2) is 0 Å². The summed E-state index contributed by atoms with van der Waals surface area (Å²) in [4.78, 5) is 18.1. The van der Waals surface area contributed by atoms with Gasteiger partial charge in [-0.1, -0.05) is 0 Å². The van der Waals surface area contributed by atoms with Gasteiger partial charge in [-0.15, -0.1) is 0 Å². The largest absolute Gasteiger partial charge is 0.444 e. The van der Waals surface area contributed by atoms with Crippen LogP contribution in [0, 0.1) is 5.95 Å². The first-order valence-electron chi connectivity index (χ1n) is 7.58. The third kappa shape index (κ3) is 2.85. The van der Waals surface area contributed by atoms with Crippen molar-refractivity contribution < 1.29 is 13.9 Å². The topological polar surface area (TPSA) is 42.4 Å². The van der Waals surface area contributed by atoms with Crippen molar-refractivity contribution >= 4 is 22.0 Å². The van der Waals surface area contributed by atoms with E-state index >= 15 is 0 Å². The van der Waals surface area contributed by atoms with Crippen molar-refractivity contribution in [2.24, 2.45) is 0 Å².